The first-order chi connectivity index (χ1) is 14.1. The van der Waals surface area contributed by atoms with Crippen LogP contribution >= 0.6 is 0 Å². The van der Waals surface area contributed by atoms with E-state index >= 15 is 0 Å². The van der Waals surface area contributed by atoms with E-state index in [0.717, 1.165) is 11.1 Å². The molecule has 4 nitrogen and oxygen atoms in total. The maximum atomic E-state index is 13.1. The van der Waals surface area contributed by atoms with Gasteiger partial charge in [-0.25, -0.2) is 4.39 Å². The van der Waals surface area contributed by atoms with Crippen LogP contribution in [0.3, 0.4) is 0 Å². The minimum Gasteiger partial charge on any atom is -0.354 e. The maximum absolute atomic E-state index is 13.1. The highest BCUT2D eigenvalue weighted by atomic mass is 19.1. The molecule has 0 aliphatic rings. The second-order valence-electron chi connectivity index (χ2n) is 6.75. The molecule has 148 valence electrons. The van der Waals surface area contributed by atoms with E-state index in [-0.39, 0.29) is 5.91 Å². The Morgan fingerprint density at radius 1 is 0.793 bits per heavy atom. The zero-order valence-electron chi connectivity index (χ0n) is 16.0. The molecule has 2 N–H and O–H groups in total. The molecule has 0 heterocycles. The average molecular weight is 390 g/mol. The molecule has 0 aliphatic heterocycles. The topological polar surface area (TPSA) is 58.2 Å². The molecule has 0 saturated carbocycles. The standard InChI is InChI=1S/C24H23FN2O2/c25-21-13-11-20(12-14-21)23(28)27-22(17-19-9-5-2-6-10-19)24(29)26-16-15-18-7-3-1-4-8-18/h1-14,22H,15-17H2,(H,26,29)(H,27,28). The summed E-state index contributed by atoms with van der Waals surface area (Å²) in [5.74, 6) is -1.08. The van der Waals surface area contributed by atoms with Gasteiger partial charge in [-0.05, 0) is 41.8 Å². The molecule has 29 heavy (non-hydrogen) atoms. The first kappa shape index (κ1) is 20.3. The van der Waals surface area contributed by atoms with Crippen LogP contribution in [0.15, 0.2) is 84.9 Å². The van der Waals surface area contributed by atoms with E-state index in [1.807, 2.05) is 60.7 Å². The maximum Gasteiger partial charge on any atom is 0.251 e. The number of amides is 2. The molecule has 1 atom stereocenters. The zero-order valence-corrected chi connectivity index (χ0v) is 16.0. The van der Waals surface area contributed by atoms with Gasteiger partial charge in [-0.2, -0.15) is 0 Å². The minimum atomic E-state index is -0.731. The molecule has 0 bridgehead atoms. The molecule has 5 heteroatoms. The quantitative estimate of drug-likeness (QED) is 0.618. The summed E-state index contributed by atoms with van der Waals surface area (Å²) in [6, 6.07) is 23.9. The molecule has 2 amide bonds. The van der Waals surface area contributed by atoms with Crippen LogP contribution in [0.25, 0.3) is 0 Å². The zero-order chi connectivity index (χ0) is 20.5. The largest absolute Gasteiger partial charge is 0.354 e. The summed E-state index contributed by atoms with van der Waals surface area (Å²) in [6.45, 7) is 0.473. The third kappa shape index (κ3) is 6.28. The number of hydrogen-bond donors (Lipinski definition) is 2. The molecular formula is C24H23FN2O2. The van der Waals surface area contributed by atoms with Crippen LogP contribution in [0, 0.1) is 5.82 Å². The van der Waals surface area contributed by atoms with Gasteiger partial charge in [0, 0.05) is 18.5 Å². The molecule has 3 rings (SSSR count). The van der Waals surface area contributed by atoms with Crippen molar-refractivity contribution < 1.29 is 14.0 Å². The highest BCUT2D eigenvalue weighted by molar-refractivity contribution is 5.97. The van der Waals surface area contributed by atoms with Gasteiger partial charge in [-0.15, -0.1) is 0 Å². The van der Waals surface area contributed by atoms with Gasteiger partial charge in [0.15, 0.2) is 0 Å². The third-order valence-corrected chi connectivity index (χ3v) is 4.57. The van der Waals surface area contributed by atoms with Gasteiger partial charge in [-0.1, -0.05) is 60.7 Å². The fourth-order valence-electron chi connectivity index (χ4n) is 3.00. The Bertz CT molecular complexity index is 928. The van der Waals surface area contributed by atoms with Gasteiger partial charge in [0.1, 0.15) is 11.9 Å². The molecule has 0 spiro atoms. The van der Waals surface area contributed by atoms with E-state index in [1.54, 1.807) is 0 Å². The molecular weight excluding hydrogens is 367 g/mol. The molecule has 1 unspecified atom stereocenters. The van der Waals surface area contributed by atoms with Gasteiger partial charge in [0.05, 0.1) is 0 Å². The van der Waals surface area contributed by atoms with E-state index < -0.39 is 17.8 Å². The van der Waals surface area contributed by atoms with E-state index in [0.29, 0.717) is 24.9 Å². The smallest absolute Gasteiger partial charge is 0.251 e. The minimum absolute atomic E-state index is 0.250. The molecule has 0 aliphatic carbocycles. The molecule has 0 saturated heterocycles. The van der Waals surface area contributed by atoms with Crippen LogP contribution in [0.4, 0.5) is 4.39 Å². The number of nitrogens with one attached hydrogen (secondary N) is 2. The van der Waals surface area contributed by atoms with E-state index in [1.165, 1.54) is 24.3 Å². The summed E-state index contributed by atoms with van der Waals surface area (Å²) in [7, 11) is 0. The van der Waals surface area contributed by atoms with E-state index in [4.69, 9.17) is 0 Å². The lowest BCUT2D eigenvalue weighted by molar-refractivity contribution is -0.122. The summed E-state index contributed by atoms with van der Waals surface area (Å²) in [5, 5.41) is 5.68. The van der Waals surface area contributed by atoms with Crippen molar-refractivity contribution in [2.75, 3.05) is 6.54 Å². The second-order valence-corrected chi connectivity index (χ2v) is 6.75. The fourth-order valence-corrected chi connectivity index (χ4v) is 3.00. The Labute approximate surface area is 169 Å². The van der Waals surface area contributed by atoms with Crippen molar-refractivity contribution in [3.8, 4) is 0 Å². The number of carbonyl (C=O) groups excluding carboxylic acids is 2. The predicted octanol–water partition coefficient (Wildman–Crippen LogP) is 3.53. The van der Waals surface area contributed by atoms with Crippen LogP contribution in [-0.2, 0) is 17.6 Å². The summed E-state index contributed by atoms with van der Waals surface area (Å²) >= 11 is 0. The van der Waals surface area contributed by atoms with Crippen molar-refractivity contribution >= 4 is 11.8 Å². The molecule has 3 aromatic carbocycles. The van der Waals surface area contributed by atoms with Crippen LogP contribution in [-0.4, -0.2) is 24.4 Å². The van der Waals surface area contributed by atoms with Crippen molar-refractivity contribution in [2.24, 2.45) is 0 Å². The van der Waals surface area contributed by atoms with Crippen molar-refractivity contribution in [2.45, 2.75) is 18.9 Å². The molecule has 0 aromatic heterocycles. The number of benzene rings is 3. The SMILES string of the molecule is O=C(NC(Cc1ccccc1)C(=O)NCCc1ccccc1)c1ccc(F)cc1. The molecule has 0 radical (unpaired) electrons. The van der Waals surface area contributed by atoms with Gasteiger partial charge >= 0.3 is 0 Å². The average Bonchev–Trinajstić information content (AvgIpc) is 2.75. The Morgan fingerprint density at radius 2 is 1.38 bits per heavy atom. The van der Waals surface area contributed by atoms with Crippen LogP contribution in [0.1, 0.15) is 21.5 Å². The van der Waals surface area contributed by atoms with Gasteiger partial charge < -0.3 is 10.6 Å². The summed E-state index contributed by atoms with van der Waals surface area (Å²) in [5.41, 5.74) is 2.37. The highest BCUT2D eigenvalue weighted by Gasteiger charge is 2.21. The van der Waals surface area contributed by atoms with Gasteiger partial charge in [-0.3, -0.25) is 9.59 Å². The number of halogens is 1. The molecule has 3 aromatic rings. The Hall–Kier alpha value is -3.47. The Balaban J connectivity index is 1.65. The predicted molar refractivity (Wildman–Crippen MR) is 111 cm³/mol. The van der Waals surface area contributed by atoms with Crippen LogP contribution in [0.2, 0.25) is 0 Å². The number of hydrogen-bond acceptors (Lipinski definition) is 2. The lowest BCUT2D eigenvalue weighted by Gasteiger charge is -2.19. The monoisotopic (exact) mass is 390 g/mol. The lowest BCUT2D eigenvalue weighted by atomic mass is 10.0. The second kappa shape index (κ2) is 10.2. The first-order valence-electron chi connectivity index (χ1n) is 9.54. The van der Waals surface area contributed by atoms with Crippen molar-refractivity contribution in [3.63, 3.8) is 0 Å². The van der Waals surface area contributed by atoms with E-state index in [9.17, 15) is 14.0 Å². The van der Waals surface area contributed by atoms with Crippen LogP contribution in [0.5, 0.6) is 0 Å². The van der Waals surface area contributed by atoms with Crippen molar-refractivity contribution in [1.29, 1.82) is 0 Å². The number of carbonyl (C=O) groups is 2. The lowest BCUT2D eigenvalue weighted by Crippen LogP contribution is -2.48. The van der Waals surface area contributed by atoms with Gasteiger partial charge in [0.2, 0.25) is 5.91 Å². The summed E-state index contributed by atoms with van der Waals surface area (Å²) < 4.78 is 13.1. The van der Waals surface area contributed by atoms with Crippen molar-refractivity contribution in [1.82, 2.24) is 10.6 Å². The molecule has 0 fully saturated rings. The summed E-state index contributed by atoms with van der Waals surface area (Å²) in [4.78, 5) is 25.3. The van der Waals surface area contributed by atoms with Crippen LogP contribution < -0.4 is 10.6 Å². The van der Waals surface area contributed by atoms with Gasteiger partial charge in [0.25, 0.3) is 5.91 Å². The van der Waals surface area contributed by atoms with Crippen molar-refractivity contribution in [3.05, 3.63) is 107 Å². The number of rotatable bonds is 8. The van der Waals surface area contributed by atoms with E-state index in [2.05, 4.69) is 10.6 Å². The third-order valence-electron chi connectivity index (χ3n) is 4.57. The Morgan fingerprint density at radius 3 is 2.00 bits per heavy atom. The Kier molecular flexibility index (Phi) is 7.11. The summed E-state index contributed by atoms with van der Waals surface area (Å²) in [6.07, 6.45) is 1.07. The first-order valence-corrected chi connectivity index (χ1v) is 9.54. The fraction of sp³-hybridized carbons (Fsp3) is 0.167. The highest BCUT2D eigenvalue weighted by Crippen LogP contribution is 2.07. The normalized spacial score (nSPS) is 11.5.